The lowest BCUT2D eigenvalue weighted by atomic mass is 10.00. The van der Waals surface area contributed by atoms with Crippen molar-refractivity contribution in [2.24, 2.45) is 5.92 Å². The number of aliphatic hydroxyl groups is 1. The SMILES string of the molecule is CNCC(O)COc1cccc(-c2nc(NCC3CCOCC3)c(C)c(-c3c(C)noc3C)n2)c1. The third-order valence-corrected chi connectivity index (χ3v) is 6.29. The maximum absolute atomic E-state index is 9.98. The highest BCUT2D eigenvalue weighted by Crippen LogP contribution is 2.34. The van der Waals surface area contributed by atoms with Crippen molar-refractivity contribution in [2.45, 2.75) is 39.7 Å². The van der Waals surface area contributed by atoms with Gasteiger partial charge >= 0.3 is 0 Å². The predicted molar refractivity (Wildman–Crippen MR) is 135 cm³/mol. The van der Waals surface area contributed by atoms with Gasteiger partial charge in [0.25, 0.3) is 0 Å². The molecule has 3 heterocycles. The van der Waals surface area contributed by atoms with Crippen LogP contribution in [0, 0.1) is 26.7 Å². The zero-order valence-corrected chi connectivity index (χ0v) is 20.9. The van der Waals surface area contributed by atoms with Crippen LogP contribution in [0.15, 0.2) is 28.8 Å². The first-order valence-corrected chi connectivity index (χ1v) is 12.2. The van der Waals surface area contributed by atoms with Crippen molar-refractivity contribution >= 4 is 5.82 Å². The van der Waals surface area contributed by atoms with Gasteiger partial charge in [-0.25, -0.2) is 9.97 Å². The number of aryl methyl sites for hydroxylation is 2. The smallest absolute Gasteiger partial charge is 0.162 e. The average Bonchev–Trinajstić information content (AvgIpc) is 3.20. The average molecular weight is 482 g/mol. The predicted octanol–water partition coefficient (Wildman–Crippen LogP) is 3.52. The van der Waals surface area contributed by atoms with Gasteiger partial charge in [-0.15, -0.1) is 0 Å². The molecule has 0 bridgehead atoms. The van der Waals surface area contributed by atoms with Crippen molar-refractivity contribution in [1.82, 2.24) is 20.4 Å². The largest absolute Gasteiger partial charge is 0.491 e. The summed E-state index contributed by atoms with van der Waals surface area (Å²) in [4.78, 5) is 9.84. The molecule has 1 aromatic carbocycles. The number of rotatable bonds is 10. The minimum Gasteiger partial charge on any atom is -0.491 e. The summed E-state index contributed by atoms with van der Waals surface area (Å²) in [5, 5.41) is 20.6. The fourth-order valence-corrected chi connectivity index (χ4v) is 4.29. The molecule has 2 aromatic heterocycles. The normalized spacial score (nSPS) is 15.2. The van der Waals surface area contributed by atoms with Crippen LogP contribution in [0.5, 0.6) is 5.75 Å². The first-order valence-electron chi connectivity index (χ1n) is 12.2. The van der Waals surface area contributed by atoms with E-state index < -0.39 is 6.10 Å². The molecule has 188 valence electrons. The van der Waals surface area contributed by atoms with Crippen molar-refractivity contribution in [3.8, 4) is 28.4 Å². The molecule has 35 heavy (non-hydrogen) atoms. The maximum Gasteiger partial charge on any atom is 0.162 e. The van der Waals surface area contributed by atoms with E-state index in [4.69, 9.17) is 24.0 Å². The lowest BCUT2D eigenvalue weighted by Gasteiger charge is -2.23. The molecule has 3 aromatic rings. The second kappa shape index (κ2) is 11.6. The van der Waals surface area contributed by atoms with Crippen molar-refractivity contribution in [3.63, 3.8) is 0 Å². The molecular formula is C26H35N5O4. The highest BCUT2D eigenvalue weighted by molar-refractivity contribution is 5.74. The van der Waals surface area contributed by atoms with E-state index in [0.29, 0.717) is 24.0 Å². The van der Waals surface area contributed by atoms with Crippen molar-refractivity contribution in [3.05, 3.63) is 41.3 Å². The summed E-state index contributed by atoms with van der Waals surface area (Å²) in [6.45, 7) is 8.95. The first kappa shape index (κ1) is 25.1. The van der Waals surface area contributed by atoms with E-state index in [-0.39, 0.29) is 6.61 Å². The van der Waals surface area contributed by atoms with Crippen LogP contribution < -0.4 is 15.4 Å². The Balaban J connectivity index is 1.67. The molecule has 1 aliphatic rings. The number of hydrogen-bond donors (Lipinski definition) is 3. The molecule has 4 rings (SSSR count). The molecule has 0 spiro atoms. The number of anilines is 1. The molecule has 0 radical (unpaired) electrons. The van der Waals surface area contributed by atoms with Crippen LogP contribution in [0.1, 0.15) is 29.9 Å². The van der Waals surface area contributed by atoms with Gasteiger partial charge in [-0.2, -0.15) is 0 Å². The van der Waals surface area contributed by atoms with E-state index >= 15 is 0 Å². The number of nitrogens with one attached hydrogen (secondary N) is 2. The lowest BCUT2D eigenvalue weighted by molar-refractivity contribution is 0.0699. The van der Waals surface area contributed by atoms with Gasteiger partial charge in [0.15, 0.2) is 5.82 Å². The minimum atomic E-state index is -0.591. The summed E-state index contributed by atoms with van der Waals surface area (Å²) in [6.07, 6.45) is 1.49. The Bertz CT molecular complexity index is 1110. The molecule has 0 saturated carbocycles. The number of hydrogen-bond acceptors (Lipinski definition) is 9. The van der Waals surface area contributed by atoms with Gasteiger partial charge in [0.1, 0.15) is 30.0 Å². The molecule has 0 amide bonds. The molecule has 1 atom stereocenters. The Morgan fingerprint density at radius 1 is 1.17 bits per heavy atom. The van der Waals surface area contributed by atoms with Gasteiger partial charge in [0.05, 0.1) is 17.0 Å². The summed E-state index contributed by atoms with van der Waals surface area (Å²) in [7, 11) is 1.79. The molecule has 1 unspecified atom stereocenters. The maximum atomic E-state index is 9.98. The van der Waals surface area contributed by atoms with Crippen molar-refractivity contribution in [1.29, 1.82) is 0 Å². The van der Waals surface area contributed by atoms with Gasteiger partial charge in [-0.3, -0.25) is 0 Å². The van der Waals surface area contributed by atoms with E-state index in [1.807, 2.05) is 45.0 Å². The fourth-order valence-electron chi connectivity index (χ4n) is 4.29. The van der Waals surface area contributed by atoms with E-state index in [1.165, 1.54) is 0 Å². The molecule has 1 fully saturated rings. The number of aromatic nitrogens is 3. The van der Waals surface area contributed by atoms with Crippen molar-refractivity contribution < 1.29 is 19.1 Å². The number of ether oxygens (including phenoxy) is 2. The third-order valence-electron chi connectivity index (χ3n) is 6.29. The van der Waals surface area contributed by atoms with E-state index in [9.17, 15) is 5.11 Å². The van der Waals surface area contributed by atoms with Crippen LogP contribution in [0.2, 0.25) is 0 Å². The summed E-state index contributed by atoms with van der Waals surface area (Å²) in [5.41, 5.74) is 4.27. The lowest BCUT2D eigenvalue weighted by Crippen LogP contribution is -2.29. The second-order valence-electron chi connectivity index (χ2n) is 9.06. The molecule has 0 aliphatic carbocycles. The monoisotopic (exact) mass is 481 g/mol. The zero-order valence-electron chi connectivity index (χ0n) is 20.9. The van der Waals surface area contributed by atoms with Crippen molar-refractivity contribution in [2.75, 3.05) is 45.3 Å². The molecule has 3 N–H and O–H groups in total. The van der Waals surface area contributed by atoms with E-state index in [2.05, 4.69) is 15.8 Å². The van der Waals surface area contributed by atoms with Gasteiger partial charge in [-0.05, 0) is 58.7 Å². The second-order valence-corrected chi connectivity index (χ2v) is 9.06. The minimum absolute atomic E-state index is 0.196. The van der Waals surface area contributed by atoms with Gasteiger partial charge in [-0.1, -0.05) is 17.3 Å². The Kier molecular flexibility index (Phi) is 8.33. The Morgan fingerprint density at radius 3 is 2.69 bits per heavy atom. The Labute approximate surface area is 206 Å². The topological polar surface area (TPSA) is 115 Å². The summed E-state index contributed by atoms with van der Waals surface area (Å²) < 4.78 is 16.8. The fraction of sp³-hybridized carbons (Fsp3) is 0.500. The molecule has 9 nitrogen and oxygen atoms in total. The van der Waals surface area contributed by atoms with Gasteiger partial charge in [0.2, 0.25) is 0 Å². The highest BCUT2D eigenvalue weighted by Gasteiger charge is 2.21. The molecule has 1 aliphatic heterocycles. The molecular weight excluding hydrogens is 446 g/mol. The zero-order chi connectivity index (χ0) is 24.8. The number of likely N-dealkylation sites (N-methyl/N-ethyl adjacent to an activating group) is 1. The Morgan fingerprint density at radius 2 is 1.97 bits per heavy atom. The van der Waals surface area contributed by atoms with E-state index in [1.54, 1.807) is 7.05 Å². The highest BCUT2D eigenvalue weighted by atomic mass is 16.5. The van der Waals surface area contributed by atoms with Crippen LogP contribution in [0.25, 0.3) is 22.6 Å². The third kappa shape index (κ3) is 6.17. The summed E-state index contributed by atoms with van der Waals surface area (Å²) >= 11 is 0. The number of aliphatic hydroxyl groups excluding tert-OH is 1. The number of nitrogens with zero attached hydrogens (tertiary/aromatic N) is 3. The molecule has 1 saturated heterocycles. The van der Waals surface area contributed by atoms with E-state index in [0.717, 1.165) is 72.3 Å². The van der Waals surface area contributed by atoms with Crippen LogP contribution in [-0.4, -0.2) is 66.3 Å². The van der Waals surface area contributed by atoms with Crippen LogP contribution in [-0.2, 0) is 4.74 Å². The summed E-state index contributed by atoms with van der Waals surface area (Å²) in [6, 6.07) is 7.63. The van der Waals surface area contributed by atoms with Crippen LogP contribution in [0.4, 0.5) is 5.82 Å². The Hall–Kier alpha value is -3.01. The van der Waals surface area contributed by atoms with Crippen LogP contribution >= 0.6 is 0 Å². The van der Waals surface area contributed by atoms with Crippen LogP contribution in [0.3, 0.4) is 0 Å². The quantitative estimate of drug-likeness (QED) is 0.400. The number of benzene rings is 1. The molecule has 9 heteroatoms. The van der Waals surface area contributed by atoms with Gasteiger partial charge in [0, 0.05) is 37.4 Å². The van der Waals surface area contributed by atoms with Gasteiger partial charge < -0.3 is 29.7 Å². The standard InChI is InChI=1S/C26H35N5O4/c1-16-24(23-17(2)31-35-18(23)3)29-26(30-25(16)28-13-19-8-10-33-11-9-19)20-6-5-7-22(12-20)34-15-21(32)14-27-4/h5-7,12,19,21,27,32H,8-11,13-15H2,1-4H3,(H,28,29,30). The summed E-state index contributed by atoms with van der Waals surface area (Å²) in [5.74, 6) is 3.30. The first-order chi connectivity index (χ1) is 17.0.